The zero-order chi connectivity index (χ0) is 13.0. The molecule has 0 heterocycles. The SMILES string of the molecule is Cc1ccc(C(CN)Oc2ccccc2C)cc1. The van der Waals surface area contributed by atoms with Crippen molar-refractivity contribution >= 4 is 0 Å². The molecule has 0 aromatic heterocycles. The van der Waals surface area contributed by atoms with Crippen molar-refractivity contribution in [3.05, 3.63) is 65.2 Å². The van der Waals surface area contributed by atoms with Crippen LogP contribution in [0.5, 0.6) is 5.75 Å². The normalized spacial score (nSPS) is 12.2. The highest BCUT2D eigenvalue weighted by atomic mass is 16.5. The van der Waals surface area contributed by atoms with Crippen LogP contribution in [0.3, 0.4) is 0 Å². The van der Waals surface area contributed by atoms with Crippen LogP contribution in [-0.4, -0.2) is 6.54 Å². The predicted molar refractivity (Wildman–Crippen MR) is 74.8 cm³/mol. The lowest BCUT2D eigenvalue weighted by Crippen LogP contribution is -2.18. The summed E-state index contributed by atoms with van der Waals surface area (Å²) in [5.41, 5.74) is 9.30. The van der Waals surface area contributed by atoms with E-state index in [2.05, 4.69) is 31.2 Å². The lowest BCUT2D eigenvalue weighted by molar-refractivity contribution is 0.213. The molecule has 0 fully saturated rings. The van der Waals surface area contributed by atoms with Crippen LogP contribution in [0, 0.1) is 13.8 Å². The molecule has 0 spiro atoms. The Labute approximate surface area is 108 Å². The van der Waals surface area contributed by atoms with Crippen LogP contribution in [0.4, 0.5) is 0 Å². The van der Waals surface area contributed by atoms with Gasteiger partial charge in [0.2, 0.25) is 0 Å². The predicted octanol–water partition coefficient (Wildman–Crippen LogP) is 3.38. The van der Waals surface area contributed by atoms with Crippen LogP contribution in [0.1, 0.15) is 22.8 Å². The highest BCUT2D eigenvalue weighted by Crippen LogP contribution is 2.24. The van der Waals surface area contributed by atoms with E-state index in [1.165, 1.54) is 5.56 Å². The first-order valence-electron chi connectivity index (χ1n) is 6.19. The van der Waals surface area contributed by atoms with Crippen LogP contribution in [0.2, 0.25) is 0 Å². The zero-order valence-electron chi connectivity index (χ0n) is 10.9. The van der Waals surface area contributed by atoms with E-state index in [9.17, 15) is 0 Å². The Bertz CT molecular complexity index is 505. The molecule has 0 aliphatic heterocycles. The summed E-state index contributed by atoms with van der Waals surface area (Å²) in [4.78, 5) is 0. The molecule has 0 saturated carbocycles. The average molecular weight is 241 g/mol. The molecule has 2 rings (SSSR count). The number of hydrogen-bond donors (Lipinski definition) is 1. The minimum absolute atomic E-state index is 0.0910. The average Bonchev–Trinajstić information content (AvgIpc) is 2.39. The number of para-hydroxylation sites is 1. The summed E-state index contributed by atoms with van der Waals surface area (Å²) < 4.78 is 6.00. The first-order chi connectivity index (χ1) is 8.70. The second-order valence-electron chi connectivity index (χ2n) is 4.52. The summed E-state index contributed by atoms with van der Waals surface area (Å²) in [7, 11) is 0. The van der Waals surface area contributed by atoms with Gasteiger partial charge in [-0.3, -0.25) is 0 Å². The van der Waals surface area contributed by atoms with Gasteiger partial charge < -0.3 is 10.5 Å². The molecule has 2 heteroatoms. The quantitative estimate of drug-likeness (QED) is 0.890. The van der Waals surface area contributed by atoms with Crippen molar-refractivity contribution in [2.75, 3.05) is 6.54 Å². The van der Waals surface area contributed by atoms with Gasteiger partial charge in [0.15, 0.2) is 0 Å². The molecule has 18 heavy (non-hydrogen) atoms. The smallest absolute Gasteiger partial charge is 0.136 e. The Balaban J connectivity index is 2.20. The highest BCUT2D eigenvalue weighted by Gasteiger charge is 2.12. The van der Waals surface area contributed by atoms with Crippen molar-refractivity contribution in [3.63, 3.8) is 0 Å². The minimum atomic E-state index is -0.0910. The monoisotopic (exact) mass is 241 g/mol. The Morgan fingerprint density at radius 1 is 1.00 bits per heavy atom. The van der Waals surface area contributed by atoms with E-state index in [0.29, 0.717) is 6.54 Å². The molecule has 0 radical (unpaired) electrons. The number of hydrogen-bond acceptors (Lipinski definition) is 2. The van der Waals surface area contributed by atoms with E-state index in [0.717, 1.165) is 16.9 Å². The fourth-order valence-electron chi connectivity index (χ4n) is 1.88. The molecule has 2 nitrogen and oxygen atoms in total. The summed E-state index contributed by atoms with van der Waals surface area (Å²) in [6.45, 7) is 4.58. The maximum Gasteiger partial charge on any atom is 0.136 e. The highest BCUT2D eigenvalue weighted by molar-refractivity contribution is 5.33. The van der Waals surface area contributed by atoms with Gasteiger partial charge in [0.05, 0.1) is 0 Å². The van der Waals surface area contributed by atoms with Gasteiger partial charge in [-0.1, -0.05) is 48.0 Å². The van der Waals surface area contributed by atoms with Crippen molar-refractivity contribution in [1.82, 2.24) is 0 Å². The Morgan fingerprint density at radius 3 is 2.28 bits per heavy atom. The van der Waals surface area contributed by atoms with Crippen molar-refractivity contribution in [2.45, 2.75) is 20.0 Å². The number of benzene rings is 2. The number of aryl methyl sites for hydroxylation is 2. The standard InChI is InChI=1S/C16H19NO/c1-12-7-9-14(10-8-12)16(11-17)18-15-6-4-3-5-13(15)2/h3-10,16H,11,17H2,1-2H3. The van der Waals surface area contributed by atoms with Gasteiger partial charge in [0.1, 0.15) is 11.9 Å². The fraction of sp³-hybridized carbons (Fsp3) is 0.250. The molecule has 0 saturated heterocycles. The van der Waals surface area contributed by atoms with E-state index in [4.69, 9.17) is 10.5 Å². The number of rotatable bonds is 4. The number of ether oxygens (including phenoxy) is 1. The molecular weight excluding hydrogens is 222 g/mol. The lowest BCUT2D eigenvalue weighted by Gasteiger charge is -2.19. The third-order valence-electron chi connectivity index (χ3n) is 3.03. The van der Waals surface area contributed by atoms with Gasteiger partial charge in [0.25, 0.3) is 0 Å². The van der Waals surface area contributed by atoms with E-state index in [1.807, 2.05) is 31.2 Å². The van der Waals surface area contributed by atoms with Gasteiger partial charge in [-0.05, 0) is 31.0 Å². The van der Waals surface area contributed by atoms with Gasteiger partial charge in [-0.15, -0.1) is 0 Å². The summed E-state index contributed by atoms with van der Waals surface area (Å²) in [5, 5.41) is 0. The molecule has 0 bridgehead atoms. The first kappa shape index (κ1) is 12.7. The van der Waals surface area contributed by atoms with Gasteiger partial charge in [-0.2, -0.15) is 0 Å². The van der Waals surface area contributed by atoms with Crippen LogP contribution in [0.25, 0.3) is 0 Å². The van der Waals surface area contributed by atoms with Gasteiger partial charge in [0, 0.05) is 6.54 Å². The lowest BCUT2D eigenvalue weighted by atomic mass is 10.1. The summed E-state index contributed by atoms with van der Waals surface area (Å²) in [5.74, 6) is 0.897. The fourth-order valence-corrected chi connectivity index (χ4v) is 1.88. The third-order valence-corrected chi connectivity index (χ3v) is 3.03. The molecular formula is C16H19NO. The second-order valence-corrected chi connectivity index (χ2v) is 4.52. The number of nitrogens with two attached hydrogens (primary N) is 1. The van der Waals surface area contributed by atoms with Crippen molar-refractivity contribution in [3.8, 4) is 5.75 Å². The third kappa shape index (κ3) is 2.90. The van der Waals surface area contributed by atoms with Crippen LogP contribution < -0.4 is 10.5 Å². The summed E-state index contributed by atoms with van der Waals surface area (Å²) >= 11 is 0. The van der Waals surface area contributed by atoms with E-state index in [-0.39, 0.29) is 6.10 Å². The van der Waals surface area contributed by atoms with E-state index < -0.39 is 0 Å². The van der Waals surface area contributed by atoms with Crippen molar-refractivity contribution < 1.29 is 4.74 Å². The van der Waals surface area contributed by atoms with Crippen molar-refractivity contribution in [1.29, 1.82) is 0 Å². The molecule has 0 aliphatic rings. The van der Waals surface area contributed by atoms with E-state index >= 15 is 0 Å². The minimum Gasteiger partial charge on any atom is -0.484 e. The molecule has 94 valence electrons. The maximum atomic E-state index is 6.00. The molecule has 2 aromatic rings. The molecule has 1 atom stereocenters. The first-order valence-corrected chi connectivity index (χ1v) is 6.19. The molecule has 2 aromatic carbocycles. The Hall–Kier alpha value is -1.80. The molecule has 0 aliphatic carbocycles. The zero-order valence-corrected chi connectivity index (χ0v) is 10.9. The topological polar surface area (TPSA) is 35.2 Å². The van der Waals surface area contributed by atoms with Gasteiger partial charge in [-0.25, -0.2) is 0 Å². The molecule has 2 N–H and O–H groups in total. The van der Waals surface area contributed by atoms with Crippen LogP contribution in [0.15, 0.2) is 48.5 Å². The summed E-state index contributed by atoms with van der Waals surface area (Å²) in [6.07, 6.45) is -0.0910. The summed E-state index contributed by atoms with van der Waals surface area (Å²) in [6, 6.07) is 16.3. The second kappa shape index (κ2) is 5.69. The van der Waals surface area contributed by atoms with Crippen molar-refractivity contribution in [2.24, 2.45) is 5.73 Å². The van der Waals surface area contributed by atoms with Crippen LogP contribution in [-0.2, 0) is 0 Å². The van der Waals surface area contributed by atoms with E-state index in [1.54, 1.807) is 0 Å². The molecule has 1 unspecified atom stereocenters. The maximum absolute atomic E-state index is 6.00. The largest absolute Gasteiger partial charge is 0.484 e. The molecule has 0 amide bonds. The Kier molecular flexibility index (Phi) is 4.00. The Morgan fingerprint density at radius 2 is 1.67 bits per heavy atom. The van der Waals surface area contributed by atoms with Gasteiger partial charge >= 0.3 is 0 Å². The van der Waals surface area contributed by atoms with Crippen LogP contribution >= 0.6 is 0 Å².